The van der Waals surface area contributed by atoms with E-state index in [0.29, 0.717) is 13.1 Å². The molecule has 0 bridgehead atoms. The van der Waals surface area contributed by atoms with Gasteiger partial charge < -0.3 is 9.64 Å². The van der Waals surface area contributed by atoms with E-state index in [1.54, 1.807) is 0 Å². The molecule has 2 aliphatic rings. The Balaban J connectivity index is 1.19. The van der Waals surface area contributed by atoms with Gasteiger partial charge in [-0.25, -0.2) is 0 Å². The number of hydrogen-bond acceptors (Lipinski definition) is 2. The van der Waals surface area contributed by atoms with E-state index in [1.165, 1.54) is 11.1 Å². The monoisotopic (exact) mass is 483 g/mol. The second-order valence-corrected chi connectivity index (χ2v) is 9.75. The van der Waals surface area contributed by atoms with Gasteiger partial charge in [0.15, 0.2) is 0 Å². The molecule has 4 aromatic carbocycles. The highest BCUT2D eigenvalue weighted by Crippen LogP contribution is 2.39. The minimum Gasteiger partial charge on any atom is -0.482 e. The van der Waals surface area contributed by atoms with E-state index in [-0.39, 0.29) is 11.5 Å². The van der Waals surface area contributed by atoms with Crippen LogP contribution < -0.4 is 4.74 Å². The van der Waals surface area contributed by atoms with E-state index in [1.807, 2.05) is 77.7 Å². The highest BCUT2D eigenvalue weighted by molar-refractivity contribution is 6.24. The third kappa shape index (κ3) is 4.85. The molecule has 0 unspecified atom stereocenters. The quantitative estimate of drug-likeness (QED) is 0.224. The van der Waals surface area contributed by atoms with Gasteiger partial charge in [0.2, 0.25) is 0 Å². The Morgan fingerprint density at radius 1 is 0.757 bits per heavy atom. The molecule has 1 fully saturated rings. The molecule has 1 amide bonds. The van der Waals surface area contributed by atoms with Crippen LogP contribution in [0, 0.1) is 0 Å². The number of hydrogen-bond donors (Lipinski definition) is 0. The lowest BCUT2D eigenvalue weighted by molar-refractivity contribution is -0.127. The second-order valence-electron chi connectivity index (χ2n) is 9.75. The molecule has 0 radical (unpaired) electrons. The van der Waals surface area contributed by atoms with Gasteiger partial charge in [-0.2, -0.15) is 0 Å². The first kappa shape index (κ1) is 23.1. The van der Waals surface area contributed by atoms with Crippen molar-refractivity contribution in [2.75, 3.05) is 13.1 Å². The van der Waals surface area contributed by atoms with E-state index in [4.69, 9.17) is 4.74 Å². The molecule has 1 spiro atoms. The normalized spacial score (nSPS) is 16.2. The number of rotatable bonds is 4. The highest BCUT2D eigenvalue weighted by Gasteiger charge is 2.38. The van der Waals surface area contributed by atoms with Crippen LogP contribution in [0.4, 0.5) is 0 Å². The van der Waals surface area contributed by atoms with Crippen LogP contribution >= 0.6 is 0 Å². The summed E-state index contributed by atoms with van der Waals surface area (Å²) in [6.07, 6.45) is 7.92. The van der Waals surface area contributed by atoms with Crippen molar-refractivity contribution < 1.29 is 9.53 Å². The number of ether oxygens (including phenoxy) is 1. The summed E-state index contributed by atoms with van der Waals surface area (Å²) in [5.41, 5.74) is 5.80. The Kier molecular flexibility index (Phi) is 6.20. The molecule has 2 heterocycles. The minimum absolute atomic E-state index is 0.0672. The Labute approximate surface area is 218 Å². The van der Waals surface area contributed by atoms with Crippen LogP contribution in [-0.2, 0) is 4.79 Å². The summed E-state index contributed by atoms with van der Waals surface area (Å²) in [7, 11) is 0. The van der Waals surface area contributed by atoms with Gasteiger partial charge >= 0.3 is 0 Å². The molecule has 4 aromatic rings. The molecule has 0 aromatic heterocycles. The van der Waals surface area contributed by atoms with Crippen LogP contribution in [0.25, 0.3) is 28.9 Å². The van der Waals surface area contributed by atoms with E-state index in [2.05, 4.69) is 54.6 Å². The van der Waals surface area contributed by atoms with Crippen molar-refractivity contribution in [3.63, 3.8) is 0 Å². The molecule has 3 nitrogen and oxygen atoms in total. The molecule has 0 atom stereocenters. The number of amides is 1. The SMILES string of the molecule is O=C(/C(=C\c1ccccc1)c1ccccc1)N1CCC2(C=Cc3cc(-c4ccccc4)ccc3O2)CC1. The van der Waals surface area contributed by atoms with Gasteiger partial charge in [0.25, 0.3) is 5.91 Å². The molecule has 0 aliphatic carbocycles. The van der Waals surface area contributed by atoms with E-state index in [9.17, 15) is 4.79 Å². The van der Waals surface area contributed by atoms with Gasteiger partial charge in [0.05, 0.1) is 0 Å². The molecule has 1 saturated heterocycles. The fourth-order valence-corrected chi connectivity index (χ4v) is 5.21. The summed E-state index contributed by atoms with van der Waals surface area (Å²) in [5, 5.41) is 0. The van der Waals surface area contributed by atoms with Crippen molar-refractivity contribution in [3.05, 3.63) is 132 Å². The maximum Gasteiger partial charge on any atom is 0.254 e. The number of fused-ring (bicyclic) bond motifs is 1. The maximum absolute atomic E-state index is 13.7. The van der Waals surface area contributed by atoms with Crippen LogP contribution in [0.1, 0.15) is 29.5 Å². The fourth-order valence-electron chi connectivity index (χ4n) is 5.21. The lowest BCUT2D eigenvalue weighted by Gasteiger charge is -2.42. The molecular formula is C34H29NO2. The second kappa shape index (κ2) is 9.94. The molecule has 37 heavy (non-hydrogen) atoms. The van der Waals surface area contributed by atoms with Crippen LogP contribution in [0.2, 0.25) is 0 Å². The predicted molar refractivity (Wildman–Crippen MR) is 151 cm³/mol. The van der Waals surface area contributed by atoms with Crippen LogP contribution in [0.5, 0.6) is 5.75 Å². The van der Waals surface area contributed by atoms with Gasteiger partial charge in [-0.3, -0.25) is 4.79 Å². The van der Waals surface area contributed by atoms with Gasteiger partial charge in [-0.05, 0) is 46.5 Å². The smallest absolute Gasteiger partial charge is 0.254 e. The summed E-state index contributed by atoms with van der Waals surface area (Å²) in [6.45, 7) is 1.30. The number of carbonyl (C=O) groups is 1. The van der Waals surface area contributed by atoms with Crippen molar-refractivity contribution in [1.29, 1.82) is 0 Å². The topological polar surface area (TPSA) is 29.5 Å². The number of benzene rings is 4. The molecule has 0 N–H and O–H groups in total. The molecular weight excluding hydrogens is 454 g/mol. The van der Waals surface area contributed by atoms with Gasteiger partial charge in [-0.1, -0.05) is 103 Å². The Morgan fingerprint density at radius 3 is 2.11 bits per heavy atom. The maximum atomic E-state index is 13.7. The van der Waals surface area contributed by atoms with Gasteiger partial charge in [-0.15, -0.1) is 0 Å². The summed E-state index contributed by atoms with van der Waals surface area (Å²) in [5.74, 6) is 0.980. The highest BCUT2D eigenvalue weighted by atomic mass is 16.5. The van der Waals surface area contributed by atoms with Crippen LogP contribution in [0.3, 0.4) is 0 Å². The van der Waals surface area contributed by atoms with Crippen molar-refractivity contribution >= 4 is 23.6 Å². The summed E-state index contributed by atoms with van der Waals surface area (Å²) in [6, 6.07) is 36.8. The largest absolute Gasteiger partial charge is 0.482 e. The van der Waals surface area contributed by atoms with Gasteiger partial charge in [0, 0.05) is 37.1 Å². The van der Waals surface area contributed by atoms with E-state index < -0.39 is 0 Å². The fraction of sp³-hybridized carbons (Fsp3) is 0.147. The standard InChI is InChI=1S/C34H29NO2/c36-33(31(28-14-8-3-9-15-28)24-26-10-4-1-5-11-26)35-22-20-34(21-23-35)19-18-30-25-29(16-17-32(30)37-34)27-12-6-2-7-13-27/h1-19,24-25H,20-23H2/b31-24-. The Bertz CT molecular complexity index is 1450. The first-order valence-corrected chi connectivity index (χ1v) is 12.9. The first-order valence-electron chi connectivity index (χ1n) is 12.9. The first-order chi connectivity index (χ1) is 18.2. The van der Waals surface area contributed by atoms with Gasteiger partial charge in [0.1, 0.15) is 11.4 Å². The van der Waals surface area contributed by atoms with Crippen molar-refractivity contribution in [3.8, 4) is 16.9 Å². The average molecular weight is 484 g/mol. The van der Waals surface area contributed by atoms with Crippen LogP contribution in [0.15, 0.2) is 115 Å². The van der Waals surface area contributed by atoms with E-state index >= 15 is 0 Å². The third-order valence-electron chi connectivity index (χ3n) is 7.32. The minimum atomic E-state index is -0.367. The average Bonchev–Trinajstić information content (AvgIpc) is 2.97. The zero-order valence-electron chi connectivity index (χ0n) is 20.7. The Hall–Kier alpha value is -4.37. The molecule has 6 rings (SSSR count). The molecule has 0 saturated carbocycles. The third-order valence-corrected chi connectivity index (χ3v) is 7.32. The molecule has 182 valence electrons. The zero-order chi connectivity index (χ0) is 25.1. The predicted octanol–water partition coefficient (Wildman–Crippen LogP) is 7.36. The lowest BCUT2D eigenvalue weighted by atomic mass is 9.87. The molecule has 3 heteroatoms. The summed E-state index contributed by atoms with van der Waals surface area (Å²) < 4.78 is 6.58. The zero-order valence-corrected chi connectivity index (χ0v) is 20.7. The summed E-state index contributed by atoms with van der Waals surface area (Å²) in [4.78, 5) is 15.7. The number of carbonyl (C=O) groups excluding carboxylic acids is 1. The van der Waals surface area contributed by atoms with Crippen molar-refractivity contribution in [2.45, 2.75) is 18.4 Å². The Morgan fingerprint density at radius 2 is 1.41 bits per heavy atom. The summed E-state index contributed by atoms with van der Waals surface area (Å²) >= 11 is 0. The van der Waals surface area contributed by atoms with E-state index in [0.717, 1.165) is 40.9 Å². The van der Waals surface area contributed by atoms with Crippen molar-refractivity contribution in [2.24, 2.45) is 0 Å². The van der Waals surface area contributed by atoms with Crippen molar-refractivity contribution in [1.82, 2.24) is 4.90 Å². The lowest BCUT2D eigenvalue weighted by Crippen LogP contribution is -2.49. The number of likely N-dealkylation sites (tertiary alicyclic amines) is 1. The number of piperidine rings is 1. The van der Waals surface area contributed by atoms with Crippen LogP contribution in [-0.4, -0.2) is 29.5 Å². The number of nitrogens with zero attached hydrogens (tertiary/aromatic N) is 1. The molecule has 2 aliphatic heterocycles.